The number of nitrogens with zero attached hydrogens (tertiary/aromatic N) is 2. The van der Waals surface area contributed by atoms with Crippen LogP contribution in [0.15, 0.2) is 85.6 Å². The lowest BCUT2D eigenvalue weighted by Gasteiger charge is -2.16. The molecule has 0 unspecified atom stereocenters. The number of benzene rings is 3. The molecule has 0 aliphatic rings. The van der Waals surface area contributed by atoms with E-state index in [9.17, 15) is 23.3 Å². The van der Waals surface area contributed by atoms with E-state index in [0.717, 1.165) is 22.9 Å². The van der Waals surface area contributed by atoms with Gasteiger partial charge in [-0.25, -0.2) is 18.0 Å². The molecule has 0 bridgehead atoms. The first kappa shape index (κ1) is 23.3. The third-order valence-electron chi connectivity index (χ3n) is 6.28. The summed E-state index contributed by atoms with van der Waals surface area (Å²) >= 11 is 0. The lowest BCUT2D eigenvalue weighted by molar-refractivity contribution is 0.568. The largest absolute Gasteiger partial charge is 0.421 e. The van der Waals surface area contributed by atoms with Gasteiger partial charge in [-0.05, 0) is 66.9 Å². The van der Waals surface area contributed by atoms with Crippen LogP contribution in [0.1, 0.15) is 19.4 Å². The number of hydrogen-bond acceptors (Lipinski definition) is 6. The van der Waals surface area contributed by atoms with Crippen molar-refractivity contribution in [3.8, 4) is 22.9 Å². The van der Waals surface area contributed by atoms with E-state index in [1.54, 1.807) is 54.6 Å². The molecule has 2 aromatic heterocycles. The van der Waals surface area contributed by atoms with E-state index in [0.29, 0.717) is 22.2 Å². The van der Waals surface area contributed by atoms with Crippen molar-refractivity contribution in [2.75, 3.05) is 6.26 Å². The number of rotatable bonds is 4. The predicted octanol–water partition coefficient (Wildman–Crippen LogP) is 4.30. The summed E-state index contributed by atoms with van der Waals surface area (Å²) in [5.41, 5.74) is 1.69. The molecule has 2 heterocycles. The molecule has 0 amide bonds. The molecule has 0 atom stereocenters. The first-order valence-corrected chi connectivity index (χ1v) is 12.9. The summed E-state index contributed by atoms with van der Waals surface area (Å²) in [5.74, 6) is 0. The summed E-state index contributed by atoms with van der Waals surface area (Å²) in [4.78, 5) is 28.5. The van der Waals surface area contributed by atoms with Gasteiger partial charge in [0, 0.05) is 11.6 Å². The summed E-state index contributed by atoms with van der Waals surface area (Å²) in [5, 5.41) is 9.96. The molecule has 0 radical (unpaired) electrons. The van der Waals surface area contributed by atoms with E-state index in [-0.39, 0.29) is 10.4 Å². The van der Waals surface area contributed by atoms with Gasteiger partial charge in [0.1, 0.15) is 5.58 Å². The minimum absolute atomic E-state index is 0.0403. The number of aromatic amines is 1. The van der Waals surface area contributed by atoms with Gasteiger partial charge in [0.25, 0.3) is 0 Å². The lowest BCUT2D eigenvalue weighted by atomic mass is 9.86. The van der Waals surface area contributed by atoms with Gasteiger partial charge in [0.2, 0.25) is 0 Å². The molecule has 5 aromatic rings. The molecular formula is C27H21N3O5S. The van der Waals surface area contributed by atoms with Crippen molar-refractivity contribution >= 4 is 31.8 Å². The molecule has 0 spiro atoms. The van der Waals surface area contributed by atoms with E-state index >= 15 is 0 Å². The molecule has 0 aliphatic heterocycles. The molecule has 36 heavy (non-hydrogen) atoms. The van der Waals surface area contributed by atoms with Gasteiger partial charge in [-0.3, -0.25) is 9.55 Å². The number of aromatic nitrogens is 2. The van der Waals surface area contributed by atoms with Gasteiger partial charge in [-0.2, -0.15) is 5.26 Å². The highest BCUT2D eigenvalue weighted by Gasteiger charge is 2.21. The number of imidazole rings is 1. The third kappa shape index (κ3) is 3.82. The van der Waals surface area contributed by atoms with Crippen molar-refractivity contribution in [1.82, 2.24) is 9.55 Å². The number of hydrogen-bond donors (Lipinski definition) is 1. The van der Waals surface area contributed by atoms with Gasteiger partial charge in [-0.1, -0.05) is 30.3 Å². The van der Waals surface area contributed by atoms with E-state index < -0.39 is 26.6 Å². The molecule has 180 valence electrons. The summed E-state index contributed by atoms with van der Waals surface area (Å²) in [6.45, 7) is 3.62. The maximum atomic E-state index is 13.0. The minimum Gasteiger partial charge on any atom is -0.421 e. The molecule has 5 rings (SSSR count). The molecule has 1 N–H and O–H groups in total. The zero-order valence-corrected chi connectivity index (χ0v) is 20.5. The second kappa shape index (κ2) is 8.07. The van der Waals surface area contributed by atoms with Gasteiger partial charge >= 0.3 is 11.3 Å². The first-order valence-electron chi connectivity index (χ1n) is 11.0. The maximum absolute atomic E-state index is 13.0. The average molecular weight is 500 g/mol. The Balaban J connectivity index is 1.74. The van der Waals surface area contributed by atoms with E-state index in [4.69, 9.17) is 4.42 Å². The normalized spacial score (nSPS) is 12.2. The fraction of sp³-hybridized carbons (Fsp3) is 0.148. The Bertz CT molecular complexity index is 1920. The maximum Gasteiger partial charge on any atom is 0.362 e. The second-order valence-corrected chi connectivity index (χ2v) is 11.2. The highest BCUT2D eigenvalue weighted by Crippen LogP contribution is 2.30. The number of H-pyrrole nitrogens is 1. The van der Waals surface area contributed by atoms with Crippen LogP contribution in [-0.2, 0) is 15.3 Å². The number of nitrogens with one attached hydrogen (secondary N) is 1. The lowest BCUT2D eigenvalue weighted by Crippen LogP contribution is -2.16. The van der Waals surface area contributed by atoms with Crippen molar-refractivity contribution in [3.05, 3.63) is 93.2 Å². The Labute approximate surface area is 206 Å². The standard InChI is InChI=1S/C27H21N3O5S/c1-27(2,15-28)18-7-9-19(10-8-18)30-24-21-14-17(16-4-11-20(12-5-16)36(3,33)34)6-13-22(21)35-25(31)23(24)29-26(30)32/h4-14H,1-3H3,(H,29,32). The van der Waals surface area contributed by atoms with E-state index in [1.165, 1.54) is 16.7 Å². The fourth-order valence-corrected chi connectivity index (χ4v) is 4.84. The Morgan fingerprint density at radius 1 is 0.944 bits per heavy atom. The minimum atomic E-state index is -3.33. The quantitative estimate of drug-likeness (QED) is 0.368. The smallest absolute Gasteiger partial charge is 0.362 e. The van der Waals surface area contributed by atoms with Crippen LogP contribution in [-0.4, -0.2) is 24.2 Å². The first-order chi connectivity index (χ1) is 17.0. The Hall–Kier alpha value is -4.42. The average Bonchev–Trinajstić information content (AvgIpc) is 3.21. The monoisotopic (exact) mass is 499 g/mol. The zero-order valence-electron chi connectivity index (χ0n) is 19.7. The number of nitriles is 1. The van der Waals surface area contributed by atoms with Gasteiger partial charge in [0.05, 0.1) is 27.6 Å². The van der Waals surface area contributed by atoms with Crippen LogP contribution in [0, 0.1) is 11.3 Å². The van der Waals surface area contributed by atoms with Crippen LogP contribution in [0.25, 0.3) is 38.8 Å². The van der Waals surface area contributed by atoms with Crippen LogP contribution in [0.2, 0.25) is 0 Å². The number of sulfone groups is 1. The van der Waals surface area contributed by atoms with E-state index in [1.807, 2.05) is 13.8 Å². The Kier molecular flexibility index (Phi) is 5.23. The van der Waals surface area contributed by atoms with Gasteiger partial charge in [0.15, 0.2) is 15.4 Å². The molecule has 0 aliphatic carbocycles. The van der Waals surface area contributed by atoms with Crippen LogP contribution >= 0.6 is 0 Å². The Morgan fingerprint density at radius 3 is 2.19 bits per heavy atom. The van der Waals surface area contributed by atoms with Crippen molar-refractivity contribution in [3.63, 3.8) is 0 Å². The van der Waals surface area contributed by atoms with E-state index in [2.05, 4.69) is 11.1 Å². The summed E-state index contributed by atoms with van der Waals surface area (Å²) in [6, 6.07) is 21.0. The molecule has 0 fully saturated rings. The van der Waals surface area contributed by atoms with Crippen LogP contribution in [0.3, 0.4) is 0 Å². The topological polar surface area (TPSA) is 126 Å². The zero-order chi connectivity index (χ0) is 25.8. The van der Waals surface area contributed by atoms with Gasteiger partial charge < -0.3 is 4.42 Å². The van der Waals surface area contributed by atoms with Crippen molar-refractivity contribution in [2.45, 2.75) is 24.2 Å². The highest BCUT2D eigenvalue weighted by atomic mass is 32.2. The highest BCUT2D eigenvalue weighted by molar-refractivity contribution is 7.90. The molecule has 8 nitrogen and oxygen atoms in total. The third-order valence-corrected chi connectivity index (χ3v) is 7.41. The van der Waals surface area contributed by atoms with Crippen molar-refractivity contribution in [1.29, 1.82) is 5.26 Å². The predicted molar refractivity (Wildman–Crippen MR) is 137 cm³/mol. The second-order valence-electron chi connectivity index (χ2n) is 9.17. The Morgan fingerprint density at radius 2 is 1.58 bits per heavy atom. The summed E-state index contributed by atoms with van der Waals surface area (Å²) in [7, 11) is -3.33. The SMILES string of the molecule is CC(C)(C#N)c1ccc(-n2c(=O)[nH]c3c(=O)oc4ccc(-c5ccc(S(C)(=O)=O)cc5)cc4c32)cc1. The van der Waals surface area contributed by atoms with Crippen molar-refractivity contribution in [2.24, 2.45) is 0 Å². The summed E-state index contributed by atoms with van der Waals surface area (Å²) in [6.07, 6.45) is 1.15. The molecule has 3 aromatic carbocycles. The van der Waals surface area contributed by atoms with Crippen molar-refractivity contribution < 1.29 is 12.8 Å². The molecule has 0 saturated heterocycles. The molecular weight excluding hydrogens is 478 g/mol. The summed E-state index contributed by atoms with van der Waals surface area (Å²) < 4.78 is 30.5. The van der Waals surface area contributed by atoms with Crippen LogP contribution < -0.4 is 11.3 Å². The van der Waals surface area contributed by atoms with Crippen LogP contribution in [0.4, 0.5) is 0 Å². The molecule has 9 heteroatoms. The fourth-order valence-electron chi connectivity index (χ4n) is 4.21. The molecule has 0 saturated carbocycles. The van der Waals surface area contributed by atoms with Gasteiger partial charge in [-0.15, -0.1) is 0 Å². The number of fused-ring (bicyclic) bond motifs is 3. The van der Waals surface area contributed by atoms with Crippen LogP contribution in [0.5, 0.6) is 0 Å².